The van der Waals surface area contributed by atoms with Crippen molar-refractivity contribution in [3.05, 3.63) is 40.4 Å². The Morgan fingerprint density at radius 3 is 2.83 bits per heavy atom. The van der Waals surface area contributed by atoms with E-state index in [0.717, 1.165) is 17.2 Å². The van der Waals surface area contributed by atoms with Crippen LogP contribution in [0.1, 0.15) is 36.7 Å². The number of hydrogen-bond donors (Lipinski definition) is 1. The molecule has 18 heavy (non-hydrogen) atoms. The van der Waals surface area contributed by atoms with Gasteiger partial charge in [-0.1, -0.05) is 24.6 Å². The highest BCUT2D eigenvalue weighted by atomic mass is 32.1. The molecule has 0 spiro atoms. The highest BCUT2D eigenvalue weighted by molar-refractivity contribution is 7.13. The fourth-order valence-electron chi connectivity index (χ4n) is 1.99. The van der Waals surface area contributed by atoms with Gasteiger partial charge in [-0.15, -0.1) is 11.3 Å². The summed E-state index contributed by atoms with van der Waals surface area (Å²) in [5.74, 6) is 0. The third-order valence-corrected chi connectivity index (χ3v) is 3.99. The molecular formula is C15H20N2S. The predicted molar refractivity (Wildman–Crippen MR) is 79.1 cm³/mol. The van der Waals surface area contributed by atoms with Crippen molar-refractivity contribution in [2.24, 2.45) is 0 Å². The molecule has 0 radical (unpaired) electrons. The zero-order chi connectivity index (χ0) is 13.1. The molecule has 1 N–H and O–H groups in total. The van der Waals surface area contributed by atoms with Crippen molar-refractivity contribution >= 4 is 11.3 Å². The summed E-state index contributed by atoms with van der Waals surface area (Å²) in [6, 6.07) is 6.86. The molecule has 3 heteroatoms. The van der Waals surface area contributed by atoms with Gasteiger partial charge in [0.15, 0.2) is 0 Å². The van der Waals surface area contributed by atoms with E-state index in [9.17, 15) is 0 Å². The summed E-state index contributed by atoms with van der Waals surface area (Å²) in [5, 5.41) is 6.68. The largest absolute Gasteiger partial charge is 0.309 e. The molecule has 2 aromatic rings. The second-order valence-electron chi connectivity index (χ2n) is 4.68. The number of nitrogens with one attached hydrogen (secondary N) is 1. The predicted octanol–water partition coefficient (Wildman–Crippen LogP) is 4.10. The van der Waals surface area contributed by atoms with Gasteiger partial charge in [0.1, 0.15) is 5.01 Å². The molecule has 1 atom stereocenters. The molecule has 0 amide bonds. The zero-order valence-corrected chi connectivity index (χ0v) is 12.3. The number of rotatable bonds is 4. The van der Waals surface area contributed by atoms with Gasteiger partial charge in [-0.25, -0.2) is 4.98 Å². The lowest BCUT2D eigenvalue weighted by molar-refractivity contribution is 0.587. The smallest absolute Gasteiger partial charge is 0.123 e. The minimum atomic E-state index is 0.324. The Labute approximate surface area is 113 Å². The number of nitrogens with zero attached hydrogens (tertiary/aromatic N) is 1. The maximum atomic E-state index is 4.76. The van der Waals surface area contributed by atoms with Crippen LogP contribution in [0.3, 0.4) is 0 Å². The molecule has 0 saturated carbocycles. The van der Waals surface area contributed by atoms with Crippen molar-refractivity contribution in [3.8, 4) is 10.6 Å². The molecule has 1 aromatic heterocycles. The molecule has 0 aliphatic rings. The van der Waals surface area contributed by atoms with Gasteiger partial charge in [0.05, 0.1) is 5.69 Å². The van der Waals surface area contributed by atoms with E-state index >= 15 is 0 Å². The van der Waals surface area contributed by atoms with E-state index in [-0.39, 0.29) is 0 Å². The van der Waals surface area contributed by atoms with Crippen LogP contribution in [0.4, 0.5) is 0 Å². The van der Waals surface area contributed by atoms with Crippen molar-refractivity contribution < 1.29 is 0 Å². The van der Waals surface area contributed by atoms with Gasteiger partial charge in [0.2, 0.25) is 0 Å². The Morgan fingerprint density at radius 1 is 1.33 bits per heavy atom. The van der Waals surface area contributed by atoms with E-state index in [4.69, 9.17) is 4.98 Å². The van der Waals surface area contributed by atoms with E-state index in [1.165, 1.54) is 16.7 Å². The first-order valence-electron chi connectivity index (χ1n) is 6.38. The third kappa shape index (κ3) is 2.79. The van der Waals surface area contributed by atoms with Crippen molar-refractivity contribution in [2.75, 3.05) is 6.54 Å². The third-order valence-electron chi connectivity index (χ3n) is 3.10. The van der Waals surface area contributed by atoms with Crippen LogP contribution in [0.2, 0.25) is 0 Å². The highest BCUT2D eigenvalue weighted by Gasteiger charge is 2.11. The second-order valence-corrected chi connectivity index (χ2v) is 5.53. The zero-order valence-electron chi connectivity index (χ0n) is 11.4. The maximum Gasteiger partial charge on any atom is 0.123 e. The van der Waals surface area contributed by atoms with Crippen molar-refractivity contribution in [2.45, 2.75) is 33.7 Å². The normalized spacial score (nSPS) is 12.7. The molecule has 0 bridgehead atoms. The molecule has 96 valence electrons. The fourth-order valence-corrected chi connectivity index (χ4v) is 2.98. The van der Waals surface area contributed by atoms with Gasteiger partial charge < -0.3 is 5.32 Å². The summed E-state index contributed by atoms with van der Waals surface area (Å²) in [7, 11) is 0. The lowest BCUT2D eigenvalue weighted by Gasteiger charge is -2.08. The fraction of sp³-hybridized carbons (Fsp3) is 0.400. The highest BCUT2D eigenvalue weighted by Crippen LogP contribution is 2.29. The summed E-state index contributed by atoms with van der Waals surface area (Å²) in [5.41, 5.74) is 4.97. The summed E-state index contributed by atoms with van der Waals surface area (Å²) >= 11 is 1.73. The minimum absolute atomic E-state index is 0.324. The molecule has 2 rings (SSSR count). The van der Waals surface area contributed by atoms with Crippen molar-refractivity contribution in [1.29, 1.82) is 0 Å². The molecular weight excluding hydrogens is 240 g/mol. The Morgan fingerprint density at radius 2 is 2.11 bits per heavy atom. The Hall–Kier alpha value is -1.19. The summed E-state index contributed by atoms with van der Waals surface area (Å²) < 4.78 is 0. The van der Waals surface area contributed by atoms with Crippen LogP contribution < -0.4 is 5.32 Å². The van der Waals surface area contributed by atoms with Gasteiger partial charge in [0, 0.05) is 17.0 Å². The maximum absolute atomic E-state index is 4.76. The van der Waals surface area contributed by atoms with E-state index in [2.05, 4.69) is 56.6 Å². The molecule has 0 fully saturated rings. The number of aryl methyl sites for hydroxylation is 2. The van der Waals surface area contributed by atoms with E-state index in [0.29, 0.717) is 6.04 Å². The van der Waals surface area contributed by atoms with Crippen LogP contribution in [0.15, 0.2) is 23.6 Å². The molecule has 0 aliphatic heterocycles. The van der Waals surface area contributed by atoms with Gasteiger partial charge in [-0.2, -0.15) is 0 Å². The quantitative estimate of drug-likeness (QED) is 0.895. The van der Waals surface area contributed by atoms with Crippen LogP contribution in [0.5, 0.6) is 0 Å². The van der Waals surface area contributed by atoms with E-state index in [1.54, 1.807) is 11.3 Å². The lowest BCUT2D eigenvalue weighted by Crippen LogP contribution is -2.17. The van der Waals surface area contributed by atoms with Gasteiger partial charge in [-0.3, -0.25) is 0 Å². The number of hydrogen-bond acceptors (Lipinski definition) is 3. The minimum Gasteiger partial charge on any atom is -0.309 e. The number of aromatic nitrogens is 1. The first-order valence-corrected chi connectivity index (χ1v) is 7.26. The topological polar surface area (TPSA) is 24.9 Å². The SMILES string of the molecule is CCNC(C)c1csc(-c2cc(C)ccc2C)n1. The van der Waals surface area contributed by atoms with Crippen LogP contribution in [0, 0.1) is 13.8 Å². The van der Waals surface area contributed by atoms with Crippen molar-refractivity contribution in [1.82, 2.24) is 10.3 Å². The van der Waals surface area contributed by atoms with E-state index in [1.807, 2.05) is 0 Å². The first kappa shape index (κ1) is 13.2. The average molecular weight is 260 g/mol. The molecule has 2 nitrogen and oxygen atoms in total. The molecule has 0 aliphatic carbocycles. The molecule has 1 unspecified atom stereocenters. The Bertz CT molecular complexity index is 531. The summed E-state index contributed by atoms with van der Waals surface area (Å²) in [6.45, 7) is 9.51. The number of benzene rings is 1. The average Bonchev–Trinajstić information content (AvgIpc) is 2.82. The molecule has 1 aromatic carbocycles. The van der Waals surface area contributed by atoms with Crippen molar-refractivity contribution in [3.63, 3.8) is 0 Å². The Balaban J connectivity index is 2.32. The molecule has 0 saturated heterocycles. The number of thiazole rings is 1. The van der Waals surface area contributed by atoms with Crippen LogP contribution in [-0.4, -0.2) is 11.5 Å². The monoisotopic (exact) mass is 260 g/mol. The molecule has 1 heterocycles. The van der Waals surface area contributed by atoms with Crippen LogP contribution in [-0.2, 0) is 0 Å². The van der Waals surface area contributed by atoms with Gasteiger partial charge in [-0.05, 0) is 38.9 Å². The van der Waals surface area contributed by atoms with E-state index < -0.39 is 0 Å². The summed E-state index contributed by atoms with van der Waals surface area (Å²) in [4.78, 5) is 4.76. The summed E-state index contributed by atoms with van der Waals surface area (Å²) in [6.07, 6.45) is 0. The standard InChI is InChI=1S/C15H20N2S/c1-5-16-12(4)14-9-18-15(17-14)13-8-10(2)6-7-11(13)3/h6-9,12,16H,5H2,1-4H3. The van der Waals surface area contributed by atoms with Gasteiger partial charge >= 0.3 is 0 Å². The van der Waals surface area contributed by atoms with Gasteiger partial charge in [0.25, 0.3) is 0 Å². The Kier molecular flexibility index (Phi) is 4.15. The van der Waals surface area contributed by atoms with Crippen LogP contribution >= 0.6 is 11.3 Å². The lowest BCUT2D eigenvalue weighted by atomic mass is 10.1. The second kappa shape index (κ2) is 5.63. The first-order chi connectivity index (χ1) is 8.61. The van der Waals surface area contributed by atoms with Crippen LogP contribution in [0.25, 0.3) is 10.6 Å².